The van der Waals surface area contributed by atoms with Crippen LogP contribution in [0.15, 0.2) is 75.6 Å². The van der Waals surface area contributed by atoms with Crippen molar-refractivity contribution in [3.05, 3.63) is 115 Å². The number of rotatable bonds is 5. The summed E-state index contributed by atoms with van der Waals surface area (Å²) in [5, 5.41) is 0. The summed E-state index contributed by atoms with van der Waals surface area (Å²) in [4.78, 5) is 0. The Bertz CT molecular complexity index is 1670. The van der Waals surface area contributed by atoms with Gasteiger partial charge in [0.1, 0.15) is 0 Å². The zero-order chi connectivity index (χ0) is 33.2. The first-order valence-corrected chi connectivity index (χ1v) is 22.0. The van der Waals surface area contributed by atoms with Crippen molar-refractivity contribution in [3.63, 3.8) is 0 Å². The van der Waals surface area contributed by atoms with Crippen LogP contribution in [0.1, 0.15) is 143 Å². The van der Waals surface area contributed by atoms with Gasteiger partial charge in [-0.2, -0.15) is 0 Å². The number of fused-ring (bicyclic) bond motifs is 3. The van der Waals surface area contributed by atoms with E-state index in [-0.39, 0.29) is 10.8 Å². The molecule has 0 saturated heterocycles. The Hall–Kier alpha value is -2.11. The number of hydrogen-bond acceptors (Lipinski definition) is 0. The van der Waals surface area contributed by atoms with E-state index in [1.165, 1.54) is 71.0 Å². The Morgan fingerprint density at radius 3 is 1.78 bits per heavy atom. The van der Waals surface area contributed by atoms with Crippen LogP contribution in [0.5, 0.6) is 0 Å². The van der Waals surface area contributed by atoms with Gasteiger partial charge in [0.15, 0.2) is 0 Å². The molecule has 0 spiro atoms. The molecular weight excluding hydrogens is 632 g/mol. The van der Waals surface area contributed by atoms with Gasteiger partial charge in [-0.15, -0.1) is 0 Å². The van der Waals surface area contributed by atoms with E-state index in [0.717, 1.165) is 6.42 Å². The molecule has 0 radical (unpaired) electrons. The molecule has 3 aromatic carbocycles. The van der Waals surface area contributed by atoms with Crippen LogP contribution in [0.4, 0.5) is 0 Å². The van der Waals surface area contributed by atoms with Crippen LogP contribution in [-0.4, -0.2) is 3.21 Å². The first-order chi connectivity index (χ1) is 21.6. The van der Waals surface area contributed by atoms with E-state index in [4.69, 9.17) is 0 Å². The molecule has 1 fully saturated rings. The van der Waals surface area contributed by atoms with Gasteiger partial charge in [0.25, 0.3) is 0 Å². The second-order valence-electron chi connectivity index (χ2n) is 17.2. The fourth-order valence-electron chi connectivity index (χ4n) is 9.23. The van der Waals surface area contributed by atoms with Crippen molar-refractivity contribution in [2.75, 3.05) is 0 Å². The molecule has 0 bridgehead atoms. The molecule has 0 aliphatic heterocycles. The first-order valence-electron chi connectivity index (χ1n) is 18.2. The normalized spacial score (nSPS) is 20.2. The third-order valence-electron chi connectivity index (χ3n) is 11.6. The van der Waals surface area contributed by atoms with Crippen LogP contribution >= 0.6 is 0 Å². The molecular formula is C45H58Zr. The van der Waals surface area contributed by atoms with Crippen LogP contribution < -0.4 is 0 Å². The van der Waals surface area contributed by atoms with Crippen LogP contribution in [-0.2, 0) is 32.1 Å². The van der Waals surface area contributed by atoms with E-state index in [9.17, 15) is 0 Å². The SMILES string of the molecule is CC[C](c1ccccc1)=[Zr]([C]1=CC(C2(C)CCCCC2)=CC1C)[CH]1c2cc(C)c(C(C)(C)C)cc2-c2cc(C(C)(C)C)c(C)cc21. The molecule has 46 heavy (non-hydrogen) atoms. The van der Waals surface area contributed by atoms with E-state index in [0.29, 0.717) is 15.0 Å². The molecule has 1 heteroatoms. The fourth-order valence-corrected chi connectivity index (χ4v) is 18.8. The van der Waals surface area contributed by atoms with Crippen molar-refractivity contribution in [1.29, 1.82) is 0 Å². The predicted molar refractivity (Wildman–Crippen MR) is 198 cm³/mol. The van der Waals surface area contributed by atoms with Crippen LogP contribution in [0.2, 0.25) is 0 Å². The van der Waals surface area contributed by atoms with Crippen LogP contribution in [0, 0.1) is 25.2 Å². The maximum absolute atomic E-state index is 2.79. The summed E-state index contributed by atoms with van der Waals surface area (Å²) in [5.74, 6) is 0.519. The summed E-state index contributed by atoms with van der Waals surface area (Å²) in [6.07, 6.45) is 13.5. The summed E-state index contributed by atoms with van der Waals surface area (Å²) < 4.78 is 4.09. The molecule has 0 heterocycles. The zero-order valence-corrected chi connectivity index (χ0v) is 33.2. The van der Waals surface area contributed by atoms with Crippen molar-refractivity contribution in [1.82, 2.24) is 0 Å². The number of allylic oxidation sites excluding steroid dienone is 4. The van der Waals surface area contributed by atoms with Gasteiger partial charge in [-0.1, -0.05) is 0 Å². The van der Waals surface area contributed by atoms with Gasteiger partial charge in [0, 0.05) is 0 Å². The van der Waals surface area contributed by atoms with Crippen molar-refractivity contribution >= 4 is 3.21 Å². The minimum atomic E-state index is -2.63. The van der Waals surface area contributed by atoms with E-state index in [2.05, 4.69) is 143 Å². The average molecular weight is 690 g/mol. The van der Waals surface area contributed by atoms with Gasteiger partial charge in [-0.05, 0) is 0 Å². The Balaban J connectivity index is 1.67. The third-order valence-corrected chi connectivity index (χ3v) is 20.7. The van der Waals surface area contributed by atoms with Gasteiger partial charge >= 0.3 is 291 Å². The maximum atomic E-state index is 2.79. The molecule has 0 nitrogen and oxygen atoms in total. The molecule has 3 aromatic rings. The number of hydrogen-bond donors (Lipinski definition) is 0. The minimum absolute atomic E-state index is 0.109. The van der Waals surface area contributed by atoms with Gasteiger partial charge < -0.3 is 0 Å². The molecule has 0 N–H and O–H groups in total. The molecule has 1 atom stereocenters. The van der Waals surface area contributed by atoms with E-state index < -0.39 is 21.3 Å². The molecule has 6 rings (SSSR count). The summed E-state index contributed by atoms with van der Waals surface area (Å²) in [5.41, 5.74) is 15.9. The van der Waals surface area contributed by atoms with Crippen molar-refractivity contribution in [2.45, 2.75) is 129 Å². The predicted octanol–water partition coefficient (Wildman–Crippen LogP) is 12.6. The number of benzene rings is 3. The first kappa shape index (κ1) is 33.8. The van der Waals surface area contributed by atoms with E-state index >= 15 is 0 Å². The van der Waals surface area contributed by atoms with Crippen LogP contribution in [0.25, 0.3) is 11.1 Å². The summed E-state index contributed by atoms with van der Waals surface area (Å²) in [6, 6.07) is 22.0. The molecule has 3 aliphatic rings. The molecule has 1 saturated carbocycles. The van der Waals surface area contributed by atoms with E-state index in [1.807, 2.05) is 3.28 Å². The standard InChI is InChI=1S/C23H29.C13H19.C9H10.Zr/c1-14-9-16-11-17-10-15(2)21(23(6,7)8)13-19(17)18(16)12-20(14)22(3,4)5;1-11-6-7-12(10-11)13(2)8-4-3-5-9-13;1-2-6-9-7-4-3-5-8-9;/h9-13H,1-8H3;7,10-11H,3-5,8-9H2,1-2H3;3-5,7-8H,2H2,1H3;. The van der Waals surface area contributed by atoms with Crippen molar-refractivity contribution < 1.29 is 21.3 Å². The number of aryl methyl sites for hydroxylation is 2. The Morgan fingerprint density at radius 1 is 0.783 bits per heavy atom. The zero-order valence-electron chi connectivity index (χ0n) is 30.7. The van der Waals surface area contributed by atoms with Crippen molar-refractivity contribution in [3.8, 4) is 11.1 Å². The monoisotopic (exact) mass is 688 g/mol. The Morgan fingerprint density at radius 2 is 1.30 bits per heavy atom. The van der Waals surface area contributed by atoms with E-state index in [1.54, 1.807) is 19.9 Å². The molecule has 242 valence electrons. The summed E-state index contributed by atoms with van der Waals surface area (Å²) in [6.45, 7) is 26.6. The third kappa shape index (κ3) is 6.02. The fraction of sp³-hybridized carbons (Fsp3) is 0.489. The second kappa shape index (κ2) is 12.4. The topological polar surface area (TPSA) is 0 Å². The molecule has 0 amide bonds. The van der Waals surface area contributed by atoms with Gasteiger partial charge in [-0.3, -0.25) is 0 Å². The summed E-state index contributed by atoms with van der Waals surface area (Å²) >= 11 is -2.63. The average Bonchev–Trinajstić information content (AvgIpc) is 3.52. The van der Waals surface area contributed by atoms with Gasteiger partial charge in [0.05, 0.1) is 0 Å². The Labute approximate surface area is 289 Å². The van der Waals surface area contributed by atoms with Crippen LogP contribution in [0.3, 0.4) is 0 Å². The van der Waals surface area contributed by atoms with Gasteiger partial charge in [-0.25, -0.2) is 0 Å². The summed E-state index contributed by atoms with van der Waals surface area (Å²) in [7, 11) is 0. The molecule has 3 aliphatic carbocycles. The Kier molecular flexibility index (Phi) is 9.11. The second-order valence-corrected chi connectivity index (χ2v) is 23.5. The molecule has 0 aromatic heterocycles. The quantitative estimate of drug-likeness (QED) is 0.250. The van der Waals surface area contributed by atoms with Gasteiger partial charge in [0.2, 0.25) is 0 Å². The molecule has 1 unspecified atom stereocenters. The van der Waals surface area contributed by atoms with Crippen molar-refractivity contribution in [2.24, 2.45) is 11.3 Å².